The van der Waals surface area contributed by atoms with E-state index < -0.39 is 10.0 Å². The van der Waals surface area contributed by atoms with E-state index >= 15 is 0 Å². The molecular weight excluding hydrogens is 286 g/mol. The standard InChI is InChI=1S/C15H23N3O2S/c16-15-13(8-3-9-14(15)21(17,19)20)18-10-4-6-11-5-1-2-7-12(11)18/h3,8-9,11-12H,1-2,4-7,10,16H2,(H2,17,19,20). The summed E-state index contributed by atoms with van der Waals surface area (Å²) in [6, 6.07) is 5.63. The van der Waals surface area contributed by atoms with Crippen molar-refractivity contribution in [3.05, 3.63) is 18.2 Å². The predicted octanol–water partition coefficient (Wildman–Crippen LogP) is 2.08. The summed E-state index contributed by atoms with van der Waals surface area (Å²) >= 11 is 0. The number of rotatable bonds is 2. The fourth-order valence-electron chi connectivity index (χ4n) is 3.95. The van der Waals surface area contributed by atoms with Gasteiger partial charge in [0.1, 0.15) is 4.90 Å². The van der Waals surface area contributed by atoms with Crippen molar-refractivity contribution in [2.75, 3.05) is 17.2 Å². The second kappa shape index (κ2) is 5.50. The highest BCUT2D eigenvalue weighted by Gasteiger charge is 2.34. The molecule has 0 spiro atoms. The maximum Gasteiger partial charge on any atom is 0.240 e. The van der Waals surface area contributed by atoms with E-state index in [-0.39, 0.29) is 4.90 Å². The van der Waals surface area contributed by atoms with Crippen LogP contribution in [0.15, 0.2) is 23.1 Å². The van der Waals surface area contributed by atoms with Crippen LogP contribution < -0.4 is 15.8 Å². The Hall–Kier alpha value is -1.27. The molecule has 2 atom stereocenters. The van der Waals surface area contributed by atoms with Crippen LogP contribution in [0.2, 0.25) is 0 Å². The molecule has 3 rings (SSSR count). The van der Waals surface area contributed by atoms with Crippen LogP contribution in [-0.4, -0.2) is 21.0 Å². The summed E-state index contributed by atoms with van der Waals surface area (Å²) in [7, 11) is -3.78. The van der Waals surface area contributed by atoms with Crippen LogP contribution in [0.3, 0.4) is 0 Å². The molecule has 1 saturated carbocycles. The monoisotopic (exact) mass is 309 g/mol. The Morgan fingerprint density at radius 3 is 2.57 bits per heavy atom. The second-order valence-corrected chi connectivity index (χ2v) is 7.71. The highest BCUT2D eigenvalue weighted by atomic mass is 32.2. The van der Waals surface area contributed by atoms with E-state index in [0.29, 0.717) is 17.6 Å². The lowest BCUT2D eigenvalue weighted by Crippen LogP contribution is -2.47. The lowest BCUT2D eigenvalue weighted by Gasteiger charge is -2.46. The number of primary sulfonamides is 1. The van der Waals surface area contributed by atoms with E-state index in [0.717, 1.165) is 18.7 Å². The molecule has 21 heavy (non-hydrogen) atoms. The van der Waals surface area contributed by atoms with Gasteiger partial charge < -0.3 is 10.6 Å². The van der Waals surface area contributed by atoms with E-state index in [2.05, 4.69) is 4.90 Å². The Morgan fingerprint density at radius 2 is 1.81 bits per heavy atom. The zero-order valence-electron chi connectivity index (χ0n) is 12.2. The molecule has 1 heterocycles. The number of hydrogen-bond donors (Lipinski definition) is 2. The number of sulfonamides is 1. The Bertz CT molecular complexity index is 628. The van der Waals surface area contributed by atoms with Gasteiger partial charge in [0.05, 0.1) is 11.4 Å². The summed E-state index contributed by atoms with van der Waals surface area (Å²) in [5, 5.41) is 5.26. The molecule has 116 valence electrons. The van der Waals surface area contributed by atoms with Crippen LogP contribution in [0.4, 0.5) is 11.4 Å². The lowest BCUT2D eigenvalue weighted by molar-refractivity contribution is 0.244. The van der Waals surface area contributed by atoms with Gasteiger partial charge in [-0.05, 0) is 43.7 Å². The van der Waals surface area contributed by atoms with Crippen LogP contribution >= 0.6 is 0 Å². The molecule has 1 aromatic rings. The number of hydrogen-bond acceptors (Lipinski definition) is 4. The van der Waals surface area contributed by atoms with Gasteiger partial charge in [-0.2, -0.15) is 0 Å². The molecule has 0 amide bonds. The fourth-order valence-corrected chi connectivity index (χ4v) is 4.63. The molecule has 0 bridgehead atoms. The molecule has 1 aliphatic heterocycles. The smallest absolute Gasteiger partial charge is 0.240 e. The molecule has 1 saturated heterocycles. The van der Waals surface area contributed by atoms with Crippen molar-refractivity contribution < 1.29 is 8.42 Å². The molecule has 0 aromatic heterocycles. The van der Waals surface area contributed by atoms with E-state index in [9.17, 15) is 8.42 Å². The number of benzene rings is 1. The normalized spacial score (nSPS) is 26.4. The first kappa shape index (κ1) is 14.7. The summed E-state index contributed by atoms with van der Waals surface area (Å²) in [6.07, 6.45) is 7.41. The first-order valence-corrected chi connectivity index (χ1v) is 9.21. The summed E-state index contributed by atoms with van der Waals surface area (Å²) < 4.78 is 23.3. The highest BCUT2D eigenvalue weighted by molar-refractivity contribution is 7.89. The van der Waals surface area contributed by atoms with Crippen LogP contribution in [0.25, 0.3) is 0 Å². The first-order valence-electron chi connectivity index (χ1n) is 7.66. The number of nitrogen functional groups attached to an aromatic ring is 1. The zero-order valence-corrected chi connectivity index (χ0v) is 13.0. The number of para-hydroxylation sites is 1. The molecule has 1 aliphatic carbocycles. The minimum atomic E-state index is -3.78. The summed E-state index contributed by atoms with van der Waals surface area (Å²) in [5.41, 5.74) is 7.25. The Kier molecular flexibility index (Phi) is 3.84. The van der Waals surface area contributed by atoms with Crippen molar-refractivity contribution >= 4 is 21.4 Å². The van der Waals surface area contributed by atoms with Gasteiger partial charge in [0.25, 0.3) is 0 Å². The van der Waals surface area contributed by atoms with Crippen LogP contribution in [0.1, 0.15) is 38.5 Å². The topological polar surface area (TPSA) is 89.4 Å². The quantitative estimate of drug-likeness (QED) is 0.818. The molecule has 2 aliphatic rings. The minimum absolute atomic E-state index is 0.0398. The minimum Gasteiger partial charge on any atom is -0.396 e. The van der Waals surface area contributed by atoms with Crippen molar-refractivity contribution in [1.29, 1.82) is 0 Å². The number of fused-ring (bicyclic) bond motifs is 1. The molecule has 2 unspecified atom stereocenters. The lowest BCUT2D eigenvalue weighted by atomic mass is 9.78. The average Bonchev–Trinajstić information content (AvgIpc) is 2.46. The third-order valence-electron chi connectivity index (χ3n) is 4.90. The predicted molar refractivity (Wildman–Crippen MR) is 84.6 cm³/mol. The Morgan fingerprint density at radius 1 is 1.10 bits per heavy atom. The summed E-state index contributed by atoms with van der Waals surface area (Å²) in [5.74, 6) is 0.713. The number of piperidine rings is 1. The van der Waals surface area contributed by atoms with E-state index in [1.165, 1.54) is 38.2 Å². The van der Waals surface area contributed by atoms with Gasteiger partial charge in [-0.25, -0.2) is 13.6 Å². The summed E-state index contributed by atoms with van der Waals surface area (Å²) in [6.45, 7) is 0.944. The first-order chi connectivity index (χ1) is 9.98. The van der Waals surface area contributed by atoms with Gasteiger partial charge in [-0.3, -0.25) is 0 Å². The van der Waals surface area contributed by atoms with Crippen LogP contribution in [-0.2, 0) is 10.0 Å². The van der Waals surface area contributed by atoms with Crippen molar-refractivity contribution in [1.82, 2.24) is 0 Å². The highest BCUT2D eigenvalue weighted by Crippen LogP contribution is 2.40. The van der Waals surface area contributed by atoms with Gasteiger partial charge >= 0.3 is 0 Å². The maximum atomic E-state index is 11.7. The fraction of sp³-hybridized carbons (Fsp3) is 0.600. The van der Waals surface area contributed by atoms with E-state index in [1.807, 2.05) is 6.07 Å². The van der Waals surface area contributed by atoms with Gasteiger partial charge in [0.15, 0.2) is 0 Å². The van der Waals surface area contributed by atoms with Crippen LogP contribution in [0.5, 0.6) is 0 Å². The maximum absolute atomic E-state index is 11.7. The second-order valence-electron chi connectivity index (χ2n) is 6.18. The average molecular weight is 309 g/mol. The SMILES string of the molecule is Nc1c(N2CCCC3CCCCC32)cccc1S(N)(=O)=O. The summed E-state index contributed by atoms with van der Waals surface area (Å²) in [4.78, 5) is 2.36. The number of nitrogens with zero attached hydrogens (tertiary/aromatic N) is 1. The van der Waals surface area contributed by atoms with Crippen molar-refractivity contribution in [3.63, 3.8) is 0 Å². The Labute approximate surface area is 126 Å². The van der Waals surface area contributed by atoms with Gasteiger partial charge in [0.2, 0.25) is 10.0 Å². The Balaban J connectivity index is 1.99. The zero-order chi connectivity index (χ0) is 15.0. The third kappa shape index (κ3) is 2.74. The molecule has 6 heteroatoms. The number of anilines is 2. The van der Waals surface area contributed by atoms with Gasteiger partial charge in [-0.15, -0.1) is 0 Å². The molecule has 0 radical (unpaired) electrons. The molecule has 5 nitrogen and oxygen atoms in total. The van der Waals surface area contributed by atoms with Crippen molar-refractivity contribution in [2.45, 2.75) is 49.5 Å². The van der Waals surface area contributed by atoms with Crippen LogP contribution in [0, 0.1) is 5.92 Å². The largest absolute Gasteiger partial charge is 0.396 e. The van der Waals surface area contributed by atoms with Crippen molar-refractivity contribution in [2.24, 2.45) is 11.1 Å². The molecule has 1 aromatic carbocycles. The number of nitrogens with two attached hydrogens (primary N) is 2. The van der Waals surface area contributed by atoms with Gasteiger partial charge in [-0.1, -0.05) is 18.9 Å². The molecular formula is C15H23N3O2S. The van der Waals surface area contributed by atoms with Gasteiger partial charge in [0, 0.05) is 12.6 Å². The molecule has 4 N–H and O–H groups in total. The molecule has 2 fully saturated rings. The third-order valence-corrected chi connectivity index (χ3v) is 5.87. The van der Waals surface area contributed by atoms with Crippen molar-refractivity contribution in [3.8, 4) is 0 Å². The van der Waals surface area contributed by atoms with E-state index in [1.54, 1.807) is 6.07 Å². The van der Waals surface area contributed by atoms with E-state index in [4.69, 9.17) is 10.9 Å².